The summed E-state index contributed by atoms with van der Waals surface area (Å²) in [5.41, 5.74) is 0. The SMILES string of the molecule is C=C(OCCOC(=O)CCN(CCS)CCC(=O)OCCOC(=O)C(C)CSCCCCCCCC)C(C)CSCCCCCCCC. The molecule has 0 spiro atoms. The van der Waals surface area contributed by atoms with E-state index in [1.807, 2.05) is 23.6 Å². The van der Waals surface area contributed by atoms with Crippen molar-refractivity contribution in [3.05, 3.63) is 12.3 Å². The van der Waals surface area contributed by atoms with Crippen molar-refractivity contribution in [1.82, 2.24) is 4.90 Å². The zero-order chi connectivity index (χ0) is 35.7. The van der Waals surface area contributed by atoms with Gasteiger partial charge in [0.1, 0.15) is 26.4 Å². The maximum Gasteiger partial charge on any atom is 0.309 e. The van der Waals surface area contributed by atoms with E-state index >= 15 is 0 Å². The minimum Gasteiger partial charge on any atom is -0.495 e. The summed E-state index contributed by atoms with van der Waals surface area (Å²) in [6.07, 6.45) is 15.9. The fourth-order valence-electron chi connectivity index (χ4n) is 4.68. The van der Waals surface area contributed by atoms with Crippen LogP contribution in [-0.2, 0) is 33.3 Å². The van der Waals surface area contributed by atoms with E-state index in [4.69, 9.17) is 18.9 Å². The van der Waals surface area contributed by atoms with Gasteiger partial charge in [-0.2, -0.15) is 36.2 Å². The summed E-state index contributed by atoms with van der Waals surface area (Å²) in [4.78, 5) is 38.7. The third kappa shape index (κ3) is 29.8. The highest BCUT2D eigenvalue weighted by atomic mass is 32.2. The Morgan fingerprint density at radius 2 is 1.06 bits per heavy atom. The third-order valence-corrected chi connectivity index (χ3v) is 10.7. The first kappa shape index (κ1) is 47.0. The molecular formula is C37H69NO7S3. The first-order valence-electron chi connectivity index (χ1n) is 18.5. The van der Waals surface area contributed by atoms with Crippen LogP contribution in [0.4, 0.5) is 0 Å². The number of rotatable bonds is 35. The van der Waals surface area contributed by atoms with Crippen molar-refractivity contribution in [2.75, 3.05) is 74.8 Å². The van der Waals surface area contributed by atoms with Gasteiger partial charge in [0.2, 0.25) is 0 Å². The Labute approximate surface area is 307 Å². The average Bonchev–Trinajstić information content (AvgIpc) is 3.08. The van der Waals surface area contributed by atoms with Gasteiger partial charge < -0.3 is 23.8 Å². The molecule has 0 aliphatic heterocycles. The van der Waals surface area contributed by atoms with Gasteiger partial charge in [0.15, 0.2) is 0 Å². The predicted molar refractivity (Wildman–Crippen MR) is 207 cm³/mol. The molecule has 0 aliphatic rings. The molecule has 0 fully saturated rings. The maximum absolute atomic E-state index is 12.3. The summed E-state index contributed by atoms with van der Waals surface area (Å²) >= 11 is 8.04. The Morgan fingerprint density at radius 3 is 1.56 bits per heavy atom. The molecule has 0 aromatic heterocycles. The van der Waals surface area contributed by atoms with E-state index in [1.54, 1.807) is 11.8 Å². The topological polar surface area (TPSA) is 91.4 Å². The van der Waals surface area contributed by atoms with Crippen LogP contribution in [0.15, 0.2) is 12.3 Å². The van der Waals surface area contributed by atoms with Gasteiger partial charge >= 0.3 is 17.9 Å². The summed E-state index contributed by atoms with van der Waals surface area (Å²) in [5.74, 6) is 4.41. The van der Waals surface area contributed by atoms with E-state index < -0.39 is 0 Å². The number of allylic oxidation sites excluding steroid dienone is 1. The molecule has 0 aromatic rings. The van der Waals surface area contributed by atoms with E-state index in [1.165, 1.54) is 82.8 Å². The largest absolute Gasteiger partial charge is 0.495 e. The maximum atomic E-state index is 12.3. The molecule has 0 heterocycles. The van der Waals surface area contributed by atoms with Gasteiger partial charge in [-0.3, -0.25) is 14.4 Å². The van der Waals surface area contributed by atoms with Crippen LogP contribution in [0.5, 0.6) is 0 Å². The molecule has 8 nitrogen and oxygen atoms in total. The lowest BCUT2D eigenvalue weighted by molar-refractivity contribution is -0.154. The van der Waals surface area contributed by atoms with Crippen LogP contribution in [0.3, 0.4) is 0 Å². The molecule has 0 rings (SSSR count). The molecule has 2 atom stereocenters. The van der Waals surface area contributed by atoms with Crippen LogP contribution in [-0.4, -0.2) is 97.6 Å². The third-order valence-electron chi connectivity index (χ3n) is 7.88. The second-order valence-electron chi connectivity index (χ2n) is 12.5. The number of carbonyl (C=O) groups is 3. The lowest BCUT2D eigenvalue weighted by atomic mass is 10.1. The summed E-state index contributed by atoms with van der Waals surface area (Å²) in [6.45, 7) is 14.6. The van der Waals surface area contributed by atoms with Gasteiger partial charge in [-0.05, 0) is 24.3 Å². The van der Waals surface area contributed by atoms with Crippen LogP contribution in [0.25, 0.3) is 0 Å². The van der Waals surface area contributed by atoms with E-state index in [0.717, 1.165) is 23.0 Å². The number of hydrogen-bond acceptors (Lipinski definition) is 11. The Hall–Kier alpha value is -1.04. The van der Waals surface area contributed by atoms with Gasteiger partial charge in [-0.15, -0.1) is 0 Å². The first-order chi connectivity index (χ1) is 23.2. The number of nitrogens with zero attached hydrogens (tertiary/aromatic N) is 1. The molecule has 0 saturated heterocycles. The molecule has 0 saturated carbocycles. The lowest BCUT2D eigenvalue weighted by Gasteiger charge is -2.20. The zero-order valence-corrected chi connectivity index (χ0v) is 33.3. The minimum atomic E-state index is -0.368. The number of esters is 3. The van der Waals surface area contributed by atoms with Crippen molar-refractivity contribution in [2.24, 2.45) is 11.8 Å². The highest BCUT2D eigenvalue weighted by Crippen LogP contribution is 2.18. The number of ether oxygens (including phenoxy) is 4. The fourth-order valence-corrected chi connectivity index (χ4v) is 7.14. The molecule has 0 bridgehead atoms. The summed E-state index contributed by atoms with van der Waals surface area (Å²) in [7, 11) is 0. The van der Waals surface area contributed by atoms with Gasteiger partial charge in [0.25, 0.3) is 0 Å². The number of unbranched alkanes of at least 4 members (excludes halogenated alkanes) is 10. The number of thioether (sulfide) groups is 2. The fraction of sp³-hybridized carbons (Fsp3) is 0.865. The Kier molecular flexibility index (Phi) is 33.7. The second-order valence-corrected chi connectivity index (χ2v) is 15.2. The van der Waals surface area contributed by atoms with E-state index in [-0.39, 0.29) is 69.0 Å². The van der Waals surface area contributed by atoms with Crippen molar-refractivity contribution in [3.63, 3.8) is 0 Å². The van der Waals surface area contributed by atoms with Crippen LogP contribution < -0.4 is 0 Å². The van der Waals surface area contributed by atoms with Crippen molar-refractivity contribution >= 4 is 54.1 Å². The Bertz CT molecular complexity index is 756. The summed E-state index contributed by atoms with van der Waals surface area (Å²) in [5, 5.41) is 0. The van der Waals surface area contributed by atoms with Crippen LogP contribution in [0, 0.1) is 11.8 Å². The molecule has 0 N–H and O–H groups in total. The molecule has 0 radical (unpaired) electrons. The molecule has 11 heteroatoms. The monoisotopic (exact) mass is 735 g/mol. The van der Waals surface area contributed by atoms with Gasteiger partial charge in [0, 0.05) is 42.8 Å². The normalized spacial score (nSPS) is 12.5. The first-order valence-corrected chi connectivity index (χ1v) is 21.5. The highest BCUT2D eigenvalue weighted by molar-refractivity contribution is 7.99. The van der Waals surface area contributed by atoms with Crippen molar-refractivity contribution in [1.29, 1.82) is 0 Å². The molecule has 48 heavy (non-hydrogen) atoms. The van der Waals surface area contributed by atoms with E-state index in [2.05, 4.69) is 40.0 Å². The van der Waals surface area contributed by atoms with Crippen LogP contribution >= 0.6 is 36.2 Å². The lowest BCUT2D eigenvalue weighted by Crippen LogP contribution is -2.31. The molecule has 282 valence electrons. The predicted octanol–water partition coefficient (Wildman–Crippen LogP) is 8.62. The molecule has 2 unspecified atom stereocenters. The van der Waals surface area contributed by atoms with Crippen LogP contribution in [0.2, 0.25) is 0 Å². The van der Waals surface area contributed by atoms with Gasteiger partial charge in [0.05, 0.1) is 24.5 Å². The van der Waals surface area contributed by atoms with Crippen molar-refractivity contribution < 1.29 is 33.3 Å². The van der Waals surface area contributed by atoms with Crippen molar-refractivity contribution in [3.8, 4) is 0 Å². The summed E-state index contributed by atoms with van der Waals surface area (Å²) in [6, 6.07) is 0. The van der Waals surface area contributed by atoms with Gasteiger partial charge in [-0.1, -0.05) is 98.5 Å². The molecule has 0 aromatic carbocycles. The number of carbonyl (C=O) groups excluding carboxylic acids is 3. The Morgan fingerprint density at radius 1 is 0.625 bits per heavy atom. The van der Waals surface area contributed by atoms with E-state index in [0.29, 0.717) is 25.4 Å². The van der Waals surface area contributed by atoms with E-state index in [9.17, 15) is 14.4 Å². The number of thiol groups is 1. The highest BCUT2D eigenvalue weighted by Gasteiger charge is 2.16. The average molecular weight is 736 g/mol. The van der Waals surface area contributed by atoms with Gasteiger partial charge in [-0.25, -0.2) is 0 Å². The Balaban J connectivity index is 3.96. The van der Waals surface area contributed by atoms with Crippen molar-refractivity contribution in [2.45, 2.75) is 118 Å². The standard InChI is InChI=1S/C37H69NO7S3/c1-6-8-10-12-14-16-28-47-30-32(3)34(5)42-23-24-43-35(39)18-20-38(22-27-46)21-19-36(40)44-25-26-45-37(41)33(4)31-48-29-17-15-13-11-9-7-2/h32-33,46H,5-31H2,1-4H3. The number of hydrogen-bond donors (Lipinski definition) is 1. The quantitative estimate of drug-likeness (QED) is 0.0224. The molecule has 0 aliphatic carbocycles. The van der Waals surface area contributed by atoms with Crippen LogP contribution in [0.1, 0.15) is 118 Å². The second kappa shape index (κ2) is 34.4. The smallest absolute Gasteiger partial charge is 0.309 e. The zero-order valence-electron chi connectivity index (χ0n) is 30.8. The molecule has 0 amide bonds. The minimum absolute atomic E-state index is 0.0341. The summed E-state index contributed by atoms with van der Waals surface area (Å²) < 4.78 is 21.6. The molecular weight excluding hydrogens is 667 g/mol.